The zero-order valence-corrected chi connectivity index (χ0v) is 9.91. The van der Waals surface area contributed by atoms with Crippen molar-refractivity contribution in [3.63, 3.8) is 0 Å². The van der Waals surface area contributed by atoms with Crippen molar-refractivity contribution in [3.8, 4) is 0 Å². The SMILES string of the molecule is COCC(N)CCNC(=O)C1CCCOC1. The Morgan fingerprint density at radius 3 is 3.12 bits per heavy atom. The van der Waals surface area contributed by atoms with Crippen molar-refractivity contribution in [1.82, 2.24) is 5.32 Å². The number of carbonyl (C=O) groups excluding carboxylic acids is 1. The Balaban J connectivity index is 2.09. The molecule has 0 radical (unpaired) electrons. The summed E-state index contributed by atoms with van der Waals surface area (Å²) >= 11 is 0. The van der Waals surface area contributed by atoms with Crippen LogP contribution in [0.2, 0.25) is 0 Å². The summed E-state index contributed by atoms with van der Waals surface area (Å²) < 4.78 is 10.2. The van der Waals surface area contributed by atoms with Crippen molar-refractivity contribution < 1.29 is 14.3 Å². The summed E-state index contributed by atoms with van der Waals surface area (Å²) in [4.78, 5) is 11.7. The maximum absolute atomic E-state index is 11.7. The molecule has 1 aliphatic heterocycles. The lowest BCUT2D eigenvalue weighted by atomic mass is 10.0. The summed E-state index contributed by atoms with van der Waals surface area (Å²) in [7, 11) is 1.62. The van der Waals surface area contributed by atoms with E-state index in [1.54, 1.807) is 7.11 Å². The quantitative estimate of drug-likeness (QED) is 0.668. The fourth-order valence-electron chi connectivity index (χ4n) is 1.77. The lowest BCUT2D eigenvalue weighted by molar-refractivity contribution is -0.128. The fraction of sp³-hybridized carbons (Fsp3) is 0.909. The predicted molar refractivity (Wildman–Crippen MR) is 61.0 cm³/mol. The highest BCUT2D eigenvalue weighted by Crippen LogP contribution is 2.13. The largest absolute Gasteiger partial charge is 0.383 e. The first-order chi connectivity index (χ1) is 7.74. The van der Waals surface area contributed by atoms with Gasteiger partial charge in [0.1, 0.15) is 0 Å². The van der Waals surface area contributed by atoms with Gasteiger partial charge in [-0.3, -0.25) is 4.79 Å². The third kappa shape index (κ3) is 4.92. The molecule has 3 N–H and O–H groups in total. The first kappa shape index (κ1) is 13.4. The number of carbonyl (C=O) groups is 1. The number of nitrogens with one attached hydrogen (secondary N) is 1. The number of rotatable bonds is 6. The van der Waals surface area contributed by atoms with Crippen LogP contribution in [0.1, 0.15) is 19.3 Å². The number of amides is 1. The first-order valence-electron chi connectivity index (χ1n) is 5.84. The lowest BCUT2D eigenvalue weighted by Gasteiger charge is -2.21. The number of hydrogen-bond donors (Lipinski definition) is 2. The van der Waals surface area contributed by atoms with Crippen LogP contribution in [0, 0.1) is 5.92 Å². The van der Waals surface area contributed by atoms with Crippen molar-refractivity contribution in [2.45, 2.75) is 25.3 Å². The molecule has 5 nitrogen and oxygen atoms in total. The van der Waals surface area contributed by atoms with E-state index in [1.807, 2.05) is 0 Å². The Morgan fingerprint density at radius 1 is 1.69 bits per heavy atom. The highest BCUT2D eigenvalue weighted by Gasteiger charge is 2.21. The average Bonchev–Trinajstić information content (AvgIpc) is 2.30. The topological polar surface area (TPSA) is 73.6 Å². The molecule has 1 saturated heterocycles. The van der Waals surface area contributed by atoms with Gasteiger partial charge in [0.25, 0.3) is 0 Å². The molecule has 1 fully saturated rings. The molecular weight excluding hydrogens is 208 g/mol. The van der Waals surface area contributed by atoms with E-state index in [4.69, 9.17) is 15.2 Å². The monoisotopic (exact) mass is 230 g/mol. The van der Waals surface area contributed by atoms with E-state index >= 15 is 0 Å². The van der Waals surface area contributed by atoms with Gasteiger partial charge in [0.2, 0.25) is 5.91 Å². The van der Waals surface area contributed by atoms with Gasteiger partial charge in [0.15, 0.2) is 0 Å². The van der Waals surface area contributed by atoms with Crippen molar-refractivity contribution in [1.29, 1.82) is 0 Å². The molecule has 16 heavy (non-hydrogen) atoms. The van der Waals surface area contributed by atoms with Gasteiger partial charge in [0.05, 0.1) is 19.1 Å². The van der Waals surface area contributed by atoms with Crippen molar-refractivity contribution in [2.75, 3.05) is 33.5 Å². The van der Waals surface area contributed by atoms with E-state index in [0.29, 0.717) is 19.8 Å². The van der Waals surface area contributed by atoms with Gasteiger partial charge in [-0.2, -0.15) is 0 Å². The van der Waals surface area contributed by atoms with E-state index in [-0.39, 0.29) is 17.9 Å². The van der Waals surface area contributed by atoms with Crippen LogP contribution < -0.4 is 11.1 Å². The summed E-state index contributed by atoms with van der Waals surface area (Å²) in [6.07, 6.45) is 2.64. The Kier molecular flexibility index (Phi) is 6.37. The van der Waals surface area contributed by atoms with Crippen LogP contribution in [0.3, 0.4) is 0 Å². The van der Waals surface area contributed by atoms with Crippen molar-refractivity contribution in [3.05, 3.63) is 0 Å². The molecule has 1 heterocycles. The predicted octanol–water partition coefficient (Wildman–Crippen LogP) is -0.107. The Morgan fingerprint density at radius 2 is 2.50 bits per heavy atom. The number of methoxy groups -OCH3 is 1. The minimum absolute atomic E-state index is 0.00657. The van der Waals surface area contributed by atoms with Crippen LogP contribution >= 0.6 is 0 Å². The summed E-state index contributed by atoms with van der Waals surface area (Å²) in [6, 6.07) is -0.00657. The van der Waals surface area contributed by atoms with Gasteiger partial charge in [0, 0.05) is 26.3 Å². The van der Waals surface area contributed by atoms with Crippen molar-refractivity contribution in [2.24, 2.45) is 11.7 Å². The molecule has 0 bridgehead atoms. The molecule has 0 aromatic rings. The van der Waals surface area contributed by atoms with Crippen LogP contribution in [0.25, 0.3) is 0 Å². The molecule has 0 spiro atoms. The van der Waals surface area contributed by atoms with Gasteiger partial charge in [-0.15, -0.1) is 0 Å². The standard InChI is InChI=1S/C11H22N2O3/c1-15-8-10(12)4-5-13-11(14)9-3-2-6-16-7-9/h9-10H,2-8,12H2,1H3,(H,13,14). The molecule has 2 unspecified atom stereocenters. The normalized spacial score (nSPS) is 22.8. The smallest absolute Gasteiger partial charge is 0.225 e. The maximum atomic E-state index is 11.7. The van der Waals surface area contributed by atoms with Crippen LogP contribution in [0.5, 0.6) is 0 Å². The summed E-state index contributed by atoms with van der Waals surface area (Å²) in [5.41, 5.74) is 5.75. The first-order valence-corrected chi connectivity index (χ1v) is 5.84. The molecule has 0 aromatic heterocycles. The number of hydrogen-bond acceptors (Lipinski definition) is 4. The highest BCUT2D eigenvalue weighted by molar-refractivity contribution is 5.78. The molecule has 0 aliphatic carbocycles. The summed E-state index contributed by atoms with van der Waals surface area (Å²) in [5.74, 6) is 0.108. The van der Waals surface area contributed by atoms with Gasteiger partial charge < -0.3 is 20.5 Å². The van der Waals surface area contributed by atoms with E-state index in [2.05, 4.69) is 5.32 Å². The molecule has 94 valence electrons. The molecule has 0 aromatic carbocycles. The van der Waals surface area contributed by atoms with Crippen LogP contribution in [-0.4, -0.2) is 45.4 Å². The summed E-state index contributed by atoms with van der Waals surface area (Å²) in [6.45, 7) is 2.47. The van der Waals surface area contributed by atoms with E-state index in [1.165, 1.54) is 0 Å². The van der Waals surface area contributed by atoms with E-state index < -0.39 is 0 Å². The zero-order valence-electron chi connectivity index (χ0n) is 9.91. The molecule has 2 atom stereocenters. The number of nitrogens with two attached hydrogens (primary N) is 1. The van der Waals surface area contributed by atoms with E-state index in [0.717, 1.165) is 25.9 Å². The highest BCUT2D eigenvalue weighted by atomic mass is 16.5. The number of ether oxygens (including phenoxy) is 2. The maximum Gasteiger partial charge on any atom is 0.225 e. The van der Waals surface area contributed by atoms with Crippen LogP contribution in [-0.2, 0) is 14.3 Å². The Labute approximate surface area is 96.7 Å². The van der Waals surface area contributed by atoms with Crippen LogP contribution in [0.15, 0.2) is 0 Å². The van der Waals surface area contributed by atoms with Gasteiger partial charge in [-0.25, -0.2) is 0 Å². The minimum Gasteiger partial charge on any atom is -0.383 e. The lowest BCUT2D eigenvalue weighted by Crippen LogP contribution is -2.38. The molecule has 1 rings (SSSR count). The average molecular weight is 230 g/mol. The third-order valence-electron chi connectivity index (χ3n) is 2.73. The Bertz CT molecular complexity index is 205. The molecular formula is C11H22N2O3. The second-order valence-electron chi connectivity index (χ2n) is 4.21. The minimum atomic E-state index is -0.00657. The molecule has 1 aliphatic rings. The molecule has 5 heteroatoms. The summed E-state index contributed by atoms with van der Waals surface area (Å²) in [5, 5.41) is 2.89. The second kappa shape index (κ2) is 7.60. The fourth-order valence-corrected chi connectivity index (χ4v) is 1.77. The molecule has 0 saturated carbocycles. The van der Waals surface area contributed by atoms with E-state index in [9.17, 15) is 4.79 Å². The zero-order chi connectivity index (χ0) is 11.8. The Hall–Kier alpha value is -0.650. The van der Waals surface area contributed by atoms with Gasteiger partial charge in [-0.1, -0.05) is 0 Å². The molecule has 1 amide bonds. The van der Waals surface area contributed by atoms with Crippen molar-refractivity contribution >= 4 is 5.91 Å². The second-order valence-corrected chi connectivity index (χ2v) is 4.21. The third-order valence-corrected chi connectivity index (χ3v) is 2.73. The van der Waals surface area contributed by atoms with Crippen LogP contribution in [0.4, 0.5) is 0 Å². The van der Waals surface area contributed by atoms with Gasteiger partial charge >= 0.3 is 0 Å². The van der Waals surface area contributed by atoms with Gasteiger partial charge in [-0.05, 0) is 19.3 Å².